The minimum atomic E-state index is -0.425. The van der Waals surface area contributed by atoms with E-state index < -0.39 is 5.97 Å². The molecule has 0 atom stereocenters. The van der Waals surface area contributed by atoms with Crippen LogP contribution in [0, 0.1) is 0 Å². The average Bonchev–Trinajstić information content (AvgIpc) is 2.96. The minimum absolute atomic E-state index is 0.0920. The van der Waals surface area contributed by atoms with Gasteiger partial charge >= 0.3 is 5.97 Å². The molecule has 23 heavy (non-hydrogen) atoms. The second-order valence-corrected chi connectivity index (χ2v) is 6.39. The summed E-state index contributed by atoms with van der Waals surface area (Å²) in [5.74, 6) is -0.0316. The molecule has 0 amide bonds. The van der Waals surface area contributed by atoms with E-state index in [0.717, 1.165) is 44.5 Å². The van der Waals surface area contributed by atoms with E-state index in [0.29, 0.717) is 24.3 Å². The van der Waals surface area contributed by atoms with Crippen LogP contribution < -0.4 is 10.3 Å². The van der Waals surface area contributed by atoms with Crippen molar-refractivity contribution in [3.63, 3.8) is 0 Å². The lowest BCUT2D eigenvalue weighted by Crippen LogP contribution is -2.28. The van der Waals surface area contributed by atoms with Gasteiger partial charge in [-0.2, -0.15) is 0 Å². The van der Waals surface area contributed by atoms with Gasteiger partial charge in [0.1, 0.15) is 11.3 Å². The number of nitrogens with zero attached hydrogens (tertiary/aromatic N) is 2. The summed E-state index contributed by atoms with van der Waals surface area (Å²) < 4.78 is 12.7. The van der Waals surface area contributed by atoms with Gasteiger partial charge < -0.3 is 18.9 Å². The number of ether oxygens (including phenoxy) is 2. The zero-order valence-corrected chi connectivity index (χ0v) is 13.8. The topological polar surface area (TPSA) is 60.8 Å². The van der Waals surface area contributed by atoms with E-state index in [1.807, 2.05) is 7.05 Å². The summed E-state index contributed by atoms with van der Waals surface area (Å²) >= 11 is 0. The van der Waals surface area contributed by atoms with Crippen molar-refractivity contribution in [2.24, 2.45) is 0 Å². The first kappa shape index (κ1) is 16.1. The number of esters is 1. The van der Waals surface area contributed by atoms with E-state index >= 15 is 0 Å². The maximum atomic E-state index is 12.5. The molecule has 0 saturated heterocycles. The van der Waals surface area contributed by atoms with Crippen LogP contribution in [0.5, 0.6) is 5.75 Å². The number of hydrogen-bond acceptors (Lipinski definition) is 5. The summed E-state index contributed by atoms with van der Waals surface area (Å²) in [7, 11) is 3.39. The van der Waals surface area contributed by atoms with Gasteiger partial charge in [-0.1, -0.05) is 0 Å². The van der Waals surface area contributed by atoms with E-state index in [1.54, 1.807) is 4.57 Å². The summed E-state index contributed by atoms with van der Waals surface area (Å²) in [4.78, 5) is 27.0. The Morgan fingerprint density at radius 3 is 2.65 bits per heavy atom. The maximum Gasteiger partial charge on any atom is 0.343 e. The molecule has 0 N–H and O–H groups in total. The van der Waals surface area contributed by atoms with Crippen LogP contribution >= 0.6 is 0 Å². The van der Waals surface area contributed by atoms with E-state index in [2.05, 4.69) is 4.90 Å². The van der Waals surface area contributed by atoms with Gasteiger partial charge in [0.15, 0.2) is 0 Å². The third-order valence-electron chi connectivity index (χ3n) is 4.80. The van der Waals surface area contributed by atoms with E-state index in [1.165, 1.54) is 13.2 Å². The van der Waals surface area contributed by atoms with Gasteiger partial charge in [-0.3, -0.25) is 4.79 Å². The molecule has 1 fully saturated rings. The Bertz CT molecular complexity index is 647. The Morgan fingerprint density at radius 2 is 1.96 bits per heavy atom. The molecule has 2 heterocycles. The largest absolute Gasteiger partial charge is 0.489 e. The number of pyridine rings is 1. The van der Waals surface area contributed by atoms with Crippen molar-refractivity contribution in [1.82, 2.24) is 9.47 Å². The van der Waals surface area contributed by atoms with Gasteiger partial charge in [-0.05, 0) is 32.7 Å². The molecule has 1 saturated carbocycles. The second-order valence-electron chi connectivity index (χ2n) is 6.39. The van der Waals surface area contributed by atoms with Crippen LogP contribution in [0.1, 0.15) is 41.7 Å². The molecule has 1 aromatic rings. The number of aromatic nitrogens is 1. The van der Waals surface area contributed by atoms with Crippen molar-refractivity contribution in [3.05, 3.63) is 27.7 Å². The molecule has 0 radical (unpaired) electrons. The highest BCUT2D eigenvalue weighted by atomic mass is 16.5. The van der Waals surface area contributed by atoms with Crippen LogP contribution in [0.15, 0.2) is 10.9 Å². The standard InChI is InChI=1S/C17H24N2O4/c1-18-8-7-13-16(17(21)22-2)14(23-12-5-3-4-6-12)11-15(20)19(13)10-9-18/h11-12H,3-10H2,1-2H3. The Hall–Kier alpha value is -1.82. The lowest BCUT2D eigenvalue weighted by atomic mass is 10.1. The van der Waals surface area contributed by atoms with Crippen LogP contribution in [0.2, 0.25) is 0 Å². The Balaban J connectivity index is 2.06. The fraction of sp³-hybridized carbons (Fsp3) is 0.647. The summed E-state index contributed by atoms with van der Waals surface area (Å²) in [6.45, 7) is 2.17. The predicted octanol–water partition coefficient (Wildman–Crippen LogP) is 1.44. The first-order chi connectivity index (χ1) is 11.1. The number of methoxy groups -OCH3 is 1. The van der Waals surface area contributed by atoms with Crippen molar-refractivity contribution in [2.45, 2.75) is 44.8 Å². The molecule has 6 nitrogen and oxygen atoms in total. The lowest BCUT2D eigenvalue weighted by molar-refractivity contribution is 0.0590. The fourth-order valence-corrected chi connectivity index (χ4v) is 3.46. The first-order valence-corrected chi connectivity index (χ1v) is 8.30. The second kappa shape index (κ2) is 6.74. The summed E-state index contributed by atoms with van der Waals surface area (Å²) in [6.07, 6.45) is 4.94. The molecule has 2 aliphatic rings. The van der Waals surface area contributed by atoms with E-state index in [-0.39, 0.29) is 11.7 Å². The van der Waals surface area contributed by atoms with Crippen LogP contribution in [0.4, 0.5) is 0 Å². The van der Waals surface area contributed by atoms with Crippen LogP contribution in [-0.2, 0) is 17.7 Å². The molecule has 0 aromatic carbocycles. The molecule has 1 aliphatic carbocycles. The molecular formula is C17H24N2O4. The lowest BCUT2D eigenvalue weighted by Gasteiger charge is -2.20. The number of fused-ring (bicyclic) bond motifs is 1. The van der Waals surface area contributed by atoms with Gasteiger partial charge in [0, 0.05) is 37.8 Å². The Kier molecular flexibility index (Phi) is 4.71. The normalized spacial score (nSPS) is 19.2. The maximum absolute atomic E-state index is 12.5. The molecule has 126 valence electrons. The van der Waals surface area contributed by atoms with Crippen LogP contribution in [-0.4, -0.2) is 48.8 Å². The SMILES string of the molecule is COC(=O)c1c(OC2CCCC2)cc(=O)n2c1CCN(C)CC2. The van der Waals surface area contributed by atoms with Gasteiger partial charge in [0.05, 0.1) is 13.2 Å². The van der Waals surface area contributed by atoms with Gasteiger partial charge in [-0.15, -0.1) is 0 Å². The third kappa shape index (κ3) is 3.27. The van der Waals surface area contributed by atoms with E-state index in [4.69, 9.17) is 9.47 Å². The molecular weight excluding hydrogens is 296 g/mol. The quantitative estimate of drug-likeness (QED) is 0.789. The number of rotatable bonds is 3. The van der Waals surface area contributed by atoms with Gasteiger partial charge in [0.25, 0.3) is 5.56 Å². The number of carbonyl (C=O) groups excluding carboxylic acids is 1. The number of likely N-dealkylation sites (N-methyl/N-ethyl adjacent to an activating group) is 1. The first-order valence-electron chi connectivity index (χ1n) is 8.30. The molecule has 1 aliphatic heterocycles. The molecule has 0 bridgehead atoms. The van der Waals surface area contributed by atoms with Gasteiger partial charge in [-0.25, -0.2) is 4.79 Å². The number of carbonyl (C=O) groups is 1. The summed E-state index contributed by atoms with van der Waals surface area (Å²) in [5.41, 5.74) is 1.06. The predicted molar refractivity (Wildman–Crippen MR) is 86.1 cm³/mol. The van der Waals surface area contributed by atoms with Crippen molar-refractivity contribution in [2.75, 3.05) is 27.2 Å². The average molecular weight is 320 g/mol. The molecule has 0 spiro atoms. The van der Waals surface area contributed by atoms with Crippen molar-refractivity contribution in [1.29, 1.82) is 0 Å². The number of hydrogen-bond donors (Lipinski definition) is 0. The zero-order valence-electron chi connectivity index (χ0n) is 13.8. The van der Waals surface area contributed by atoms with Crippen molar-refractivity contribution in [3.8, 4) is 5.75 Å². The van der Waals surface area contributed by atoms with Crippen molar-refractivity contribution >= 4 is 5.97 Å². The monoisotopic (exact) mass is 320 g/mol. The highest BCUT2D eigenvalue weighted by Gasteiger charge is 2.27. The van der Waals surface area contributed by atoms with Crippen LogP contribution in [0.3, 0.4) is 0 Å². The molecule has 6 heteroatoms. The third-order valence-corrected chi connectivity index (χ3v) is 4.80. The summed E-state index contributed by atoms with van der Waals surface area (Å²) in [6, 6.07) is 1.46. The van der Waals surface area contributed by atoms with Crippen molar-refractivity contribution < 1.29 is 14.3 Å². The summed E-state index contributed by atoms with van der Waals surface area (Å²) in [5, 5.41) is 0. The Labute approximate surface area is 136 Å². The molecule has 1 aromatic heterocycles. The fourth-order valence-electron chi connectivity index (χ4n) is 3.46. The smallest absolute Gasteiger partial charge is 0.343 e. The van der Waals surface area contributed by atoms with E-state index in [9.17, 15) is 9.59 Å². The zero-order chi connectivity index (χ0) is 16.4. The highest BCUT2D eigenvalue weighted by molar-refractivity contribution is 5.93. The minimum Gasteiger partial charge on any atom is -0.489 e. The highest BCUT2D eigenvalue weighted by Crippen LogP contribution is 2.29. The Morgan fingerprint density at radius 1 is 1.22 bits per heavy atom. The van der Waals surface area contributed by atoms with Gasteiger partial charge in [0.2, 0.25) is 0 Å². The molecule has 0 unspecified atom stereocenters. The molecule has 3 rings (SSSR count). The van der Waals surface area contributed by atoms with Crippen LogP contribution in [0.25, 0.3) is 0 Å².